The zero-order chi connectivity index (χ0) is 17.0. The fourth-order valence-corrected chi connectivity index (χ4v) is 2.65. The Morgan fingerprint density at radius 2 is 1.91 bits per heavy atom. The second-order valence-electron chi connectivity index (χ2n) is 5.55. The Kier molecular flexibility index (Phi) is 5.21. The molecule has 0 aliphatic heterocycles. The van der Waals surface area contributed by atoms with E-state index < -0.39 is 5.97 Å². The Morgan fingerprint density at radius 3 is 2.43 bits per heavy atom. The molecule has 0 bridgehead atoms. The van der Waals surface area contributed by atoms with E-state index in [1.165, 1.54) is 6.07 Å². The molecule has 122 valence electrons. The average Bonchev–Trinajstić information content (AvgIpc) is 2.89. The molecule has 0 radical (unpaired) electrons. The number of carboxylic acid groups (broad SMARTS) is 1. The zero-order valence-electron chi connectivity index (χ0n) is 13.6. The summed E-state index contributed by atoms with van der Waals surface area (Å²) in [6, 6.07) is 11.1. The minimum Gasteiger partial charge on any atom is -0.478 e. The summed E-state index contributed by atoms with van der Waals surface area (Å²) in [7, 11) is 1.70. The fourth-order valence-electron chi connectivity index (χ4n) is 2.65. The maximum absolute atomic E-state index is 12.7. The molecule has 5 heteroatoms. The van der Waals surface area contributed by atoms with Gasteiger partial charge in [0.05, 0.1) is 12.5 Å². The van der Waals surface area contributed by atoms with Gasteiger partial charge in [-0.15, -0.1) is 0 Å². The highest BCUT2D eigenvalue weighted by molar-refractivity contribution is 5.89. The summed E-state index contributed by atoms with van der Waals surface area (Å²) < 4.78 is 5.44. The third-order valence-electron chi connectivity index (χ3n) is 3.88. The topological polar surface area (TPSA) is 70.8 Å². The number of aromatic carboxylic acids is 1. The molecule has 1 aromatic carbocycles. The van der Waals surface area contributed by atoms with Crippen LogP contribution in [0.15, 0.2) is 40.8 Å². The van der Waals surface area contributed by atoms with Gasteiger partial charge < -0.3 is 14.4 Å². The van der Waals surface area contributed by atoms with Crippen LogP contribution in [0.3, 0.4) is 0 Å². The Balaban J connectivity index is 2.13. The molecule has 1 heterocycles. The molecule has 1 unspecified atom stereocenters. The van der Waals surface area contributed by atoms with Crippen LogP contribution in [0.1, 0.15) is 46.7 Å². The fraction of sp³-hybridized carbons (Fsp3) is 0.333. The van der Waals surface area contributed by atoms with Crippen LogP contribution in [-0.4, -0.2) is 28.9 Å². The number of carbonyl (C=O) groups excluding carboxylic acids is 1. The van der Waals surface area contributed by atoms with Crippen molar-refractivity contribution in [3.63, 3.8) is 0 Å². The molecule has 0 aliphatic carbocycles. The van der Waals surface area contributed by atoms with Crippen LogP contribution in [0.2, 0.25) is 0 Å². The molecule has 1 amide bonds. The number of carboxylic acids is 1. The lowest BCUT2D eigenvalue weighted by Gasteiger charge is -2.22. The molecule has 0 spiro atoms. The molecule has 23 heavy (non-hydrogen) atoms. The molecule has 0 saturated carbocycles. The number of aryl methyl sites for hydroxylation is 1. The Labute approximate surface area is 135 Å². The highest BCUT2D eigenvalue weighted by Gasteiger charge is 2.23. The third kappa shape index (κ3) is 3.80. The third-order valence-corrected chi connectivity index (χ3v) is 3.88. The van der Waals surface area contributed by atoms with Crippen LogP contribution in [-0.2, 0) is 11.3 Å². The number of rotatable bonds is 6. The molecule has 1 aromatic heterocycles. The minimum absolute atomic E-state index is 0.00960. The van der Waals surface area contributed by atoms with Gasteiger partial charge in [-0.3, -0.25) is 4.79 Å². The average molecular weight is 315 g/mol. The number of hydrogen-bond acceptors (Lipinski definition) is 3. The van der Waals surface area contributed by atoms with E-state index in [4.69, 9.17) is 9.52 Å². The van der Waals surface area contributed by atoms with Gasteiger partial charge in [-0.25, -0.2) is 4.79 Å². The van der Waals surface area contributed by atoms with E-state index in [9.17, 15) is 9.59 Å². The first-order valence-corrected chi connectivity index (χ1v) is 7.56. The van der Waals surface area contributed by atoms with Gasteiger partial charge in [0.2, 0.25) is 5.91 Å². The van der Waals surface area contributed by atoms with E-state index in [0.717, 1.165) is 5.56 Å². The van der Waals surface area contributed by atoms with Gasteiger partial charge in [0, 0.05) is 7.05 Å². The van der Waals surface area contributed by atoms with E-state index in [2.05, 4.69) is 0 Å². The molecule has 0 saturated heterocycles. The van der Waals surface area contributed by atoms with Crippen LogP contribution < -0.4 is 0 Å². The quantitative estimate of drug-likeness (QED) is 0.886. The van der Waals surface area contributed by atoms with Crippen molar-refractivity contribution in [2.75, 3.05) is 7.05 Å². The highest BCUT2D eigenvalue weighted by atomic mass is 16.4. The molecule has 1 N–H and O–H groups in total. The van der Waals surface area contributed by atoms with Crippen molar-refractivity contribution < 1.29 is 19.1 Å². The first-order valence-electron chi connectivity index (χ1n) is 7.56. The van der Waals surface area contributed by atoms with Crippen molar-refractivity contribution in [1.82, 2.24) is 4.90 Å². The van der Waals surface area contributed by atoms with E-state index in [-0.39, 0.29) is 23.9 Å². The number of nitrogens with zero attached hydrogens (tertiary/aromatic N) is 1. The van der Waals surface area contributed by atoms with Crippen molar-refractivity contribution >= 4 is 11.9 Å². The summed E-state index contributed by atoms with van der Waals surface area (Å²) in [6.07, 6.45) is 0.699. The lowest BCUT2D eigenvalue weighted by molar-refractivity contribution is -0.132. The van der Waals surface area contributed by atoms with Gasteiger partial charge in [0.15, 0.2) is 0 Å². The van der Waals surface area contributed by atoms with Gasteiger partial charge in [-0.2, -0.15) is 0 Å². The summed E-state index contributed by atoms with van der Waals surface area (Å²) in [6.45, 7) is 3.83. The standard InChI is InChI=1S/C18H21NO4/c1-4-15(13-8-6-5-7-9-13)17(20)19(3)11-14-10-16(18(21)22)12(2)23-14/h5-10,15H,4,11H2,1-3H3,(H,21,22). The SMILES string of the molecule is CCC(C(=O)N(C)Cc1cc(C(=O)O)c(C)o1)c1ccccc1. The number of benzene rings is 1. The minimum atomic E-state index is -1.03. The number of likely N-dealkylation sites (N-methyl/N-ethyl adjacent to an activating group) is 1. The Bertz CT molecular complexity index is 690. The van der Waals surface area contributed by atoms with Gasteiger partial charge in [0.1, 0.15) is 17.1 Å². The summed E-state index contributed by atoms with van der Waals surface area (Å²) >= 11 is 0. The first-order chi connectivity index (χ1) is 10.9. The second-order valence-corrected chi connectivity index (χ2v) is 5.55. The van der Waals surface area contributed by atoms with Gasteiger partial charge in [0.25, 0.3) is 0 Å². The smallest absolute Gasteiger partial charge is 0.339 e. The number of carbonyl (C=O) groups is 2. The van der Waals surface area contributed by atoms with Crippen LogP contribution in [0.25, 0.3) is 0 Å². The van der Waals surface area contributed by atoms with E-state index >= 15 is 0 Å². The molecule has 1 atom stereocenters. The molecular weight excluding hydrogens is 294 g/mol. The summed E-state index contributed by atoms with van der Waals surface area (Å²) in [5, 5.41) is 9.06. The normalized spacial score (nSPS) is 12.0. The van der Waals surface area contributed by atoms with Crippen LogP contribution in [0.4, 0.5) is 0 Å². The van der Waals surface area contributed by atoms with Crippen molar-refractivity contribution in [3.8, 4) is 0 Å². The lowest BCUT2D eigenvalue weighted by Crippen LogP contribution is -2.31. The summed E-state index contributed by atoms with van der Waals surface area (Å²) in [5.74, 6) is -0.426. The second kappa shape index (κ2) is 7.13. The van der Waals surface area contributed by atoms with Gasteiger partial charge in [-0.05, 0) is 25.0 Å². The molecule has 5 nitrogen and oxygen atoms in total. The monoisotopic (exact) mass is 315 g/mol. The van der Waals surface area contributed by atoms with Crippen molar-refractivity contribution in [2.24, 2.45) is 0 Å². The van der Waals surface area contributed by atoms with Crippen molar-refractivity contribution in [3.05, 3.63) is 59.0 Å². The van der Waals surface area contributed by atoms with Crippen molar-refractivity contribution in [1.29, 1.82) is 0 Å². The summed E-state index contributed by atoms with van der Waals surface area (Å²) in [4.78, 5) is 25.3. The van der Waals surface area contributed by atoms with Crippen molar-refractivity contribution in [2.45, 2.75) is 32.7 Å². The number of furan rings is 1. The molecule has 2 rings (SSSR count). The predicted octanol–water partition coefficient (Wildman–Crippen LogP) is 3.44. The maximum Gasteiger partial charge on any atom is 0.339 e. The largest absolute Gasteiger partial charge is 0.478 e. The molecular formula is C18H21NO4. The Morgan fingerprint density at radius 1 is 1.26 bits per heavy atom. The van der Waals surface area contributed by atoms with Gasteiger partial charge in [-0.1, -0.05) is 37.3 Å². The van der Waals surface area contributed by atoms with Crippen LogP contribution >= 0.6 is 0 Å². The molecule has 2 aromatic rings. The summed E-state index contributed by atoms with van der Waals surface area (Å²) in [5.41, 5.74) is 1.12. The molecule has 0 fully saturated rings. The predicted molar refractivity (Wildman–Crippen MR) is 86.4 cm³/mol. The molecule has 0 aliphatic rings. The first kappa shape index (κ1) is 16.8. The van der Waals surface area contributed by atoms with E-state index in [1.54, 1.807) is 18.9 Å². The zero-order valence-corrected chi connectivity index (χ0v) is 13.6. The van der Waals surface area contributed by atoms with Crippen LogP contribution in [0.5, 0.6) is 0 Å². The lowest BCUT2D eigenvalue weighted by atomic mass is 9.95. The highest BCUT2D eigenvalue weighted by Crippen LogP contribution is 2.23. The van der Waals surface area contributed by atoms with Gasteiger partial charge >= 0.3 is 5.97 Å². The van der Waals surface area contributed by atoms with Crippen LogP contribution in [0, 0.1) is 6.92 Å². The Hall–Kier alpha value is -2.56. The maximum atomic E-state index is 12.7. The number of amides is 1. The van der Waals surface area contributed by atoms with E-state index in [1.807, 2.05) is 37.3 Å². The van der Waals surface area contributed by atoms with E-state index in [0.29, 0.717) is 17.9 Å². The number of hydrogen-bond donors (Lipinski definition) is 1.